The van der Waals surface area contributed by atoms with E-state index < -0.39 is 0 Å². The summed E-state index contributed by atoms with van der Waals surface area (Å²) in [6.45, 7) is 6.31. The Morgan fingerprint density at radius 1 is 1.19 bits per heavy atom. The van der Waals surface area contributed by atoms with Gasteiger partial charge in [-0.05, 0) is 50.6 Å². The fourth-order valence-corrected chi connectivity index (χ4v) is 3.04. The van der Waals surface area contributed by atoms with Crippen molar-refractivity contribution in [3.8, 4) is 0 Å². The Balaban J connectivity index is 2.23. The number of nitrogens with one attached hydrogen (secondary N) is 1. The number of amides is 1. The number of anilines is 1. The van der Waals surface area contributed by atoms with Gasteiger partial charge in [-0.25, -0.2) is 0 Å². The highest BCUT2D eigenvalue weighted by Gasteiger charge is 2.13. The maximum atomic E-state index is 12.1. The van der Waals surface area contributed by atoms with Crippen molar-refractivity contribution in [1.29, 1.82) is 0 Å². The average Bonchev–Trinajstić information content (AvgIpc) is 2.87. The molecule has 4 heteroatoms. The molecule has 112 valence electrons. The first-order valence-electron chi connectivity index (χ1n) is 7.03. The Morgan fingerprint density at radius 2 is 1.90 bits per heavy atom. The van der Waals surface area contributed by atoms with Crippen LogP contribution in [0.3, 0.4) is 0 Å². The summed E-state index contributed by atoms with van der Waals surface area (Å²) in [7, 11) is 3.54. The maximum Gasteiger partial charge on any atom is 0.253 e. The molecule has 0 aliphatic heterocycles. The Labute approximate surface area is 130 Å². The Hall–Kier alpha value is -1.81. The number of hydrogen-bond donors (Lipinski definition) is 1. The van der Waals surface area contributed by atoms with Gasteiger partial charge in [0.25, 0.3) is 5.91 Å². The molecule has 1 N–H and O–H groups in total. The van der Waals surface area contributed by atoms with Gasteiger partial charge in [-0.3, -0.25) is 4.79 Å². The van der Waals surface area contributed by atoms with Gasteiger partial charge in [0.15, 0.2) is 0 Å². The number of rotatable bonds is 4. The lowest BCUT2D eigenvalue weighted by Crippen LogP contribution is -2.21. The van der Waals surface area contributed by atoms with Crippen LogP contribution in [0, 0.1) is 13.8 Å². The van der Waals surface area contributed by atoms with Gasteiger partial charge in [0.1, 0.15) is 0 Å². The number of nitrogens with zero attached hydrogens (tertiary/aromatic N) is 1. The number of carbonyl (C=O) groups is 1. The molecule has 0 saturated carbocycles. The Bertz CT molecular complexity index is 646. The van der Waals surface area contributed by atoms with Gasteiger partial charge in [0, 0.05) is 35.1 Å². The molecule has 1 heterocycles. The zero-order valence-corrected chi connectivity index (χ0v) is 14.0. The molecule has 1 amide bonds. The van der Waals surface area contributed by atoms with Crippen LogP contribution < -0.4 is 5.32 Å². The molecule has 0 aliphatic carbocycles. The highest BCUT2D eigenvalue weighted by molar-refractivity contribution is 7.12. The molecule has 1 aromatic carbocycles. The van der Waals surface area contributed by atoms with Crippen molar-refractivity contribution in [3.63, 3.8) is 0 Å². The maximum absolute atomic E-state index is 12.1. The van der Waals surface area contributed by atoms with Gasteiger partial charge in [-0.1, -0.05) is 6.07 Å². The fourth-order valence-electron chi connectivity index (χ4n) is 2.16. The van der Waals surface area contributed by atoms with Crippen LogP contribution in [0.1, 0.15) is 38.6 Å². The number of aryl methyl sites for hydroxylation is 2. The normalized spacial score (nSPS) is 12.0. The predicted molar refractivity (Wildman–Crippen MR) is 90.3 cm³/mol. The number of benzene rings is 1. The van der Waals surface area contributed by atoms with E-state index in [1.54, 1.807) is 30.3 Å². The number of thiophene rings is 1. The highest BCUT2D eigenvalue weighted by Crippen LogP contribution is 2.27. The van der Waals surface area contributed by atoms with Crippen molar-refractivity contribution in [2.75, 3.05) is 19.4 Å². The lowest BCUT2D eigenvalue weighted by molar-refractivity contribution is 0.0827. The highest BCUT2D eigenvalue weighted by atomic mass is 32.1. The average molecular weight is 302 g/mol. The summed E-state index contributed by atoms with van der Waals surface area (Å²) >= 11 is 1.80. The van der Waals surface area contributed by atoms with Crippen LogP contribution in [0.25, 0.3) is 0 Å². The summed E-state index contributed by atoms with van der Waals surface area (Å²) in [6, 6.07) is 10.3. The molecule has 2 rings (SSSR count). The molecule has 0 fully saturated rings. The number of hydrogen-bond acceptors (Lipinski definition) is 3. The lowest BCUT2D eigenvalue weighted by Gasteiger charge is -2.18. The molecule has 21 heavy (non-hydrogen) atoms. The third-order valence-electron chi connectivity index (χ3n) is 3.45. The van der Waals surface area contributed by atoms with Crippen molar-refractivity contribution in [2.24, 2.45) is 0 Å². The third-order valence-corrected chi connectivity index (χ3v) is 4.63. The lowest BCUT2D eigenvalue weighted by atomic mass is 10.1. The van der Waals surface area contributed by atoms with E-state index in [-0.39, 0.29) is 11.9 Å². The molecule has 0 spiro atoms. The molecule has 0 radical (unpaired) electrons. The molecular weight excluding hydrogens is 280 g/mol. The summed E-state index contributed by atoms with van der Waals surface area (Å²) in [5, 5.41) is 3.51. The van der Waals surface area contributed by atoms with Crippen molar-refractivity contribution in [3.05, 3.63) is 51.2 Å². The van der Waals surface area contributed by atoms with Gasteiger partial charge in [0.05, 0.1) is 6.04 Å². The standard InChI is InChI=1S/C17H22N2OS/c1-11-6-8-14(17(20)19(4)5)10-15(11)18-13(3)16-9-7-12(2)21-16/h6-10,13,18H,1-5H3. The smallest absolute Gasteiger partial charge is 0.253 e. The van der Waals surface area contributed by atoms with Crippen LogP contribution in [0.5, 0.6) is 0 Å². The largest absolute Gasteiger partial charge is 0.377 e. The van der Waals surface area contributed by atoms with E-state index in [4.69, 9.17) is 0 Å². The van der Waals surface area contributed by atoms with E-state index >= 15 is 0 Å². The Morgan fingerprint density at radius 3 is 2.48 bits per heavy atom. The van der Waals surface area contributed by atoms with Crippen LogP contribution in [-0.4, -0.2) is 24.9 Å². The van der Waals surface area contributed by atoms with Gasteiger partial charge in [-0.2, -0.15) is 0 Å². The van der Waals surface area contributed by atoms with Crippen LogP contribution in [0.4, 0.5) is 5.69 Å². The molecule has 3 nitrogen and oxygen atoms in total. The van der Waals surface area contributed by atoms with E-state index in [9.17, 15) is 4.79 Å². The van der Waals surface area contributed by atoms with E-state index in [0.29, 0.717) is 5.56 Å². The topological polar surface area (TPSA) is 32.3 Å². The number of carbonyl (C=O) groups excluding carboxylic acids is 1. The predicted octanol–water partition coefficient (Wildman–Crippen LogP) is 4.24. The SMILES string of the molecule is Cc1ccc(C(C)Nc2cc(C(=O)N(C)C)ccc2C)s1. The molecular formula is C17H22N2OS. The van der Waals surface area contributed by atoms with E-state index in [1.807, 2.05) is 18.2 Å². The van der Waals surface area contributed by atoms with Gasteiger partial charge in [0.2, 0.25) is 0 Å². The monoisotopic (exact) mass is 302 g/mol. The van der Waals surface area contributed by atoms with Crippen LogP contribution in [0.2, 0.25) is 0 Å². The molecule has 0 aliphatic rings. The van der Waals surface area contributed by atoms with Crippen LogP contribution >= 0.6 is 11.3 Å². The van der Waals surface area contributed by atoms with Crippen molar-refractivity contribution in [2.45, 2.75) is 26.8 Å². The Kier molecular flexibility index (Phi) is 4.68. The van der Waals surface area contributed by atoms with Gasteiger partial charge < -0.3 is 10.2 Å². The molecule has 1 unspecified atom stereocenters. The van der Waals surface area contributed by atoms with Crippen LogP contribution in [-0.2, 0) is 0 Å². The molecule has 1 aromatic heterocycles. The summed E-state index contributed by atoms with van der Waals surface area (Å²) < 4.78 is 0. The van der Waals surface area contributed by atoms with Crippen LogP contribution in [0.15, 0.2) is 30.3 Å². The summed E-state index contributed by atoms with van der Waals surface area (Å²) in [5.74, 6) is 0.0256. The minimum Gasteiger partial charge on any atom is -0.377 e. The van der Waals surface area contributed by atoms with Crippen molar-refractivity contribution >= 4 is 22.9 Å². The van der Waals surface area contributed by atoms with Gasteiger partial charge >= 0.3 is 0 Å². The van der Waals surface area contributed by atoms with E-state index in [0.717, 1.165) is 11.3 Å². The van der Waals surface area contributed by atoms with E-state index in [2.05, 4.69) is 38.2 Å². The minimum absolute atomic E-state index is 0.0256. The first-order valence-corrected chi connectivity index (χ1v) is 7.85. The zero-order chi connectivity index (χ0) is 15.6. The first kappa shape index (κ1) is 15.6. The molecule has 0 bridgehead atoms. The summed E-state index contributed by atoms with van der Waals surface area (Å²) in [4.78, 5) is 16.3. The van der Waals surface area contributed by atoms with Crippen molar-refractivity contribution in [1.82, 2.24) is 4.90 Å². The second-order valence-electron chi connectivity index (χ2n) is 5.54. The van der Waals surface area contributed by atoms with Gasteiger partial charge in [-0.15, -0.1) is 11.3 Å². The quantitative estimate of drug-likeness (QED) is 0.916. The molecule has 0 saturated heterocycles. The second kappa shape index (κ2) is 6.31. The molecule has 1 atom stereocenters. The first-order chi connectivity index (χ1) is 9.88. The third kappa shape index (κ3) is 3.64. The van der Waals surface area contributed by atoms with Crippen molar-refractivity contribution < 1.29 is 4.79 Å². The van der Waals surface area contributed by atoms with E-state index in [1.165, 1.54) is 9.75 Å². The second-order valence-corrected chi connectivity index (χ2v) is 6.86. The fraction of sp³-hybridized carbons (Fsp3) is 0.353. The summed E-state index contributed by atoms with van der Waals surface area (Å²) in [6.07, 6.45) is 0. The minimum atomic E-state index is 0.0256. The zero-order valence-electron chi connectivity index (χ0n) is 13.2. The summed E-state index contributed by atoms with van der Waals surface area (Å²) in [5.41, 5.74) is 2.87. The molecule has 2 aromatic rings.